The molecule has 1 aromatic carbocycles. The molecule has 2 heteroatoms. The molecule has 0 aliphatic rings. The van der Waals surface area contributed by atoms with E-state index >= 15 is 0 Å². The van der Waals surface area contributed by atoms with Gasteiger partial charge in [-0.2, -0.15) is 0 Å². The molecule has 1 aromatic rings. The van der Waals surface area contributed by atoms with Crippen LogP contribution in [0.15, 0.2) is 18.2 Å². The van der Waals surface area contributed by atoms with Gasteiger partial charge in [-0.15, -0.1) is 0 Å². The zero-order valence-corrected chi connectivity index (χ0v) is 10.7. The fourth-order valence-electron chi connectivity index (χ4n) is 1.61. The fraction of sp³-hybridized carbons (Fsp3) is 0.571. The largest absolute Gasteiger partial charge is 0.491 e. The van der Waals surface area contributed by atoms with Crippen LogP contribution in [-0.2, 0) is 4.74 Å². The molecule has 0 saturated carbocycles. The van der Waals surface area contributed by atoms with E-state index in [1.54, 1.807) is 7.11 Å². The number of aryl methyl sites for hydroxylation is 1. The minimum Gasteiger partial charge on any atom is -0.491 e. The summed E-state index contributed by atoms with van der Waals surface area (Å²) in [5.41, 5.74) is 2.59. The first-order chi connectivity index (χ1) is 7.69. The molecule has 2 nitrogen and oxygen atoms in total. The quantitative estimate of drug-likeness (QED) is 0.685. The Bertz CT molecular complexity index is 321. The van der Waals surface area contributed by atoms with Crippen LogP contribution in [0.25, 0.3) is 0 Å². The Kier molecular flexibility index (Phi) is 5.33. The van der Waals surface area contributed by atoms with E-state index in [9.17, 15) is 0 Å². The van der Waals surface area contributed by atoms with Crippen LogP contribution in [-0.4, -0.2) is 20.3 Å². The molecule has 1 rings (SSSR count). The summed E-state index contributed by atoms with van der Waals surface area (Å²) in [4.78, 5) is 0. The summed E-state index contributed by atoms with van der Waals surface area (Å²) in [7, 11) is 1.68. The second-order valence-electron chi connectivity index (χ2n) is 4.18. The third-order valence-corrected chi connectivity index (χ3v) is 2.93. The van der Waals surface area contributed by atoms with Crippen molar-refractivity contribution in [3.05, 3.63) is 29.3 Å². The van der Waals surface area contributed by atoms with E-state index in [0.29, 0.717) is 19.1 Å². The van der Waals surface area contributed by atoms with E-state index in [2.05, 4.69) is 39.0 Å². The number of methoxy groups -OCH3 is 1. The van der Waals surface area contributed by atoms with Crippen molar-refractivity contribution in [3.63, 3.8) is 0 Å². The van der Waals surface area contributed by atoms with Crippen molar-refractivity contribution in [2.45, 2.75) is 33.1 Å². The molecule has 90 valence electrons. The van der Waals surface area contributed by atoms with E-state index < -0.39 is 0 Å². The van der Waals surface area contributed by atoms with Gasteiger partial charge in [-0.3, -0.25) is 0 Å². The molecule has 0 radical (unpaired) electrons. The predicted octanol–water partition coefficient (Wildman–Crippen LogP) is 3.53. The summed E-state index contributed by atoms with van der Waals surface area (Å²) in [6.07, 6.45) is 1.17. The lowest BCUT2D eigenvalue weighted by molar-refractivity contribution is 0.146. The standard InChI is InChI=1S/C14H22O2/c1-5-11(2)13-6-7-14(12(3)10-13)16-9-8-15-4/h6-7,10-11H,5,8-9H2,1-4H3. The lowest BCUT2D eigenvalue weighted by Gasteiger charge is -2.13. The lowest BCUT2D eigenvalue weighted by Crippen LogP contribution is -2.05. The third-order valence-electron chi connectivity index (χ3n) is 2.93. The number of rotatable bonds is 6. The molecular formula is C14H22O2. The summed E-state index contributed by atoms with van der Waals surface area (Å²) in [5.74, 6) is 1.58. The highest BCUT2D eigenvalue weighted by molar-refractivity contribution is 5.37. The Hall–Kier alpha value is -1.02. The molecule has 0 aliphatic heterocycles. The average molecular weight is 222 g/mol. The Morgan fingerprint density at radius 2 is 2.00 bits per heavy atom. The lowest BCUT2D eigenvalue weighted by atomic mass is 9.97. The van der Waals surface area contributed by atoms with Crippen molar-refractivity contribution in [2.75, 3.05) is 20.3 Å². The summed E-state index contributed by atoms with van der Waals surface area (Å²) in [5, 5.41) is 0. The van der Waals surface area contributed by atoms with Crippen LogP contribution >= 0.6 is 0 Å². The van der Waals surface area contributed by atoms with Crippen LogP contribution in [0, 0.1) is 6.92 Å². The average Bonchev–Trinajstić information content (AvgIpc) is 2.30. The monoisotopic (exact) mass is 222 g/mol. The smallest absolute Gasteiger partial charge is 0.122 e. The summed E-state index contributed by atoms with van der Waals surface area (Å²) < 4.78 is 10.6. The summed E-state index contributed by atoms with van der Waals surface area (Å²) in [6, 6.07) is 6.44. The summed E-state index contributed by atoms with van der Waals surface area (Å²) >= 11 is 0. The van der Waals surface area contributed by atoms with Crippen LogP contribution in [0.3, 0.4) is 0 Å². The minimum absolute atomic E-state index is 0.611. The molecule has 1 atom stereocenters. The van der Waals surface area contributed by atoms with Crippen molar-refractivity contribution in [1.29, 1.82) is 0 Å². The SMILES string of the molecule is CCC(C)c1ccc(OCCOC)c(C)c1. The Labute approximate surface area is 98.6 Å². The van der Waals surface area contributed by atoms with Crippen LogP contribution in [0.5, 0.6) is 5.75 Å². The molecule has 0 N–H and O–H groups in total. The number of benzene rings is 1. The maximum Gasteiger partial charge on any atom is 0.122 e. The van der Waals surface area contributed by atoms with Crippen molar-refractivity contribution in [2.24, 2.45) is 0 Å². The Morgan fingerprint density at radius 3 is 2.56 bits per heavy atom. The fourth-order valence-corrected chi connectivity index (χ4v) is 1.61. The van der Waals surface area contributed by atoms with Crippen LogP contribution in [0.1, 0.15) is 37.3 Å². The first-order valence-corrected chi connectivity index (χ1v) is 5.91. The van der Waals surface area contributed by atoms with Gasteiger partial charge in [0.1, 0.15) is 12.4 Å². The van der Waals surface area contributed by atoms with E-state index in [0.717, 1.165) is 5.75 Å². The highest BCUT2D eigenvalue weighted by atomic mass is 16.5. The molecule has 0 bridgehead atoms. The van der Waals surface area contributed by atoms with Crippen molar-refractivity contribution < 1.29 is 9.47 Å². The van der Waals surface area contributed by atoms with Crippen molar-refractivity contribution >= 4 is 0 Å². The van der Waals surface area contributed by atoms with Gasteiger partial charge in [0.05, 0.1) is 6.61 Å². The van der Waals surface area contributed by atoms with E-state index in [4.69, 9.17) is 9.47 Å². The Balaban J connectivity index is 2.67. The van der Waals surface area contributed by atoms with Crippen molar-refractivity contribution in [1.82, 2.24) is 0 Å². The van der Waals surface area contributed by atoms with Gasteiger partial charge < -0.3 is 9.47 Å². The first-order valence-electron chi connectivity index (χ1n) is 5.91. The highest BCUT2D eigenvalue weighted by Crippen LogP contribution is 2.25. The van der Waals surface area contributed by atoms with E-state index in [1.165, 1.54) is 17.5 Å². The Morgan fingerprint density at radius 1 is 1.25 bits per heavy atom. The number of ether oxygens (including phenoxy) is 2. The zero-order valence-electron chi connectivity index (χ0n) is 10.7. The van der Waals surface area contributed by atoms with Gasteiger partial charge in [-0.05, 0) is 36.5 Å². The predicted molar refractivity (Wildman–Crippen MR) is 67.3 cm³/mol. The van der Waals surface area contributed by atoms with Gasteiger partial charge in [0, 0.05) is 7.11 Å². The summed E-state index contributed by atoms with van der Waals surface area (Å²) in [6.45, 7) is 7.80. The molecule has 16 heavy (non-hydrogen) atoms. The highest BCUT2D eigenvalue weighted by Gasteiger charge is 2.06. The van der Waals surface area contributed by atoms with Crippen LogP contribution in [0.4, 0.5) is 0 Å². The second kappa shape index (κ2) is 6.54. The molecular weight excluding hydrogens is 200 g/mol. The molecule has 0 fully saturated rings. The van der Waals surface area contributed by atoms with Gasteiger partial charge in [0.2, 0.25) is 0 Å². The molecule has 0 amide bonds. The van der Waals surface area contributed by atoms with Gasteiger partial charge in [0.15, 0.2) is 0 Å². The normalized spacial score (nSPS) is 12.5. The minimum atomic E-state index is 0.611. The second-order valence-corrected chi connectivity index (χ2v) is 4.18. The van der Waals surface area contributed by atoms with Crippen LogP contribution in [0.2, 0.25) is 0 Å². The van der Waals surface area contributed by atoms with Gasteiger partial charge in [-0.1, -0.05) is 26.0 Å². The molecule has 0 saturated heterocycles. The number of hydrogen-bond acceptors (Lipinski definition) is 2. The molecule has 0 aliphatic carbocycles. The van der Waals surface area contributed by atoms with E-state index in [-0.39, 0.29) is 0 Å². The first kappa shape index (κ1) is 13.0. The molecule has 0 heterocycles. The zero-order chi connectivity index (χ0) is 12.0. The van der Waals surface area contributed by atoms with Crippen molar-refractivity contribution in [3.8, 4) is 5.75 Å². The maximum absolute atomic E-state index is 5.62. The number of hydrogen-bond donors (Lipinski definition) is 0. The topological polar surface area (TPSA) is 18.5 Å². The van der Waals surface area contributed by atoms with E-state index in [1.807, 2.05) is 0 Å². The van der Waals surface area contributed by atoms with Crippen LogP contribution < -0.4 is 4.74 Å². The van der Waals surface area contributed by atoms with Gasteiger partial charge in [0.25, 0.3) is 0 Å². The molecule has 0 aromatic heterocycles. The third kappa shape index (κ3) is 3.53. The van der Waals surface area contributed by atoms with Gasteiger partial charge in [-0.25, -0.2) is 0 Å². The maximum atomic E-state index is 5.62. The van der Waals surface area contributed by atoms with Gasteiger partial charge >= 0.3 is 0 Å². The molecule has 0 spiro atoms. The molecule has 1 unspecified atom stereocenters.